The lowest BCUT2D eigenvalue weighted by Crippen LogP contribution is -2.50. The molecule has 3 amide bonds. The fraction of sp³-hybridized carbons (Fsp3) is 0.469. The number of guanidine groups is 1. The Hall–Kier alpha value is -4.32. The van der Waals surface area contributed by atoms with Crippen LogP contribution in [0.3, 0.4) is 0 Å². The number of hydrogen-bond acceptors (Lipinski definition) is 8. The molecule has 4 N–H and O–H groups in total. The zero-order valence-electron chi connectivity index (χ0n) is 26.8. The molecule has 1 aliphatic rings. The Balaban J connectivity index is 0.00000345. The van der Waals surface area contributed by atoms with E-state index >= 15 is 0 Å². The Morgan fingerprint density at radius 1 is 0.911 bits per heavy atom. The number of imide groups is 1. The maximum absolute atomic E-state index is 12.7. The molecule has 0 aliphatic heterocycles. The van der Waals surface area contributed by atoms with E-state index in [0.29, 0.717) is 4.90 Å². The molecule has 0 saturated heterocycles. The summed E-state index contributed by atoms with van der Waals surface area (Å²) in [6.07, 6.45) is -1.39. The van der Waals surface area contributed by atoms with E-state index in [9.17, 15) is 24.3 Å². The van der Waals surface area contributed by atoms with Crippen molar-refractivity contribution >= 4 is 41.8 Å². The molecule has 13 heteroatoms. The third-order valence-electron chi connectivity index (χ3n) is 6.24. The van der Waals surface area contributed by atoms with Crippen LogP contribution in [-0.2, 0) is 19.0 Å². The summed E-state index contributed by atoms with van der Waals surface area (Å²) in [5, 5.41) is 12.0. The van der Waals surface area contributed by atoms with Crippen LogP contribution in [0.1, 0.15) is 71.4 Å². The van der Waals surface area contributed by atoms with Gasteiger partial charge in [0.1, 0.15) is 23.9 Å². The van der Waals surface area contributed by atoms with Crippen molar-refractivity contribution < 1.29 is 38.5 Å². The van der Waals surface area contributed by atoms with Crippen molar-refractivity contribution in [3.05, 3.63) is 59.7 Å². The van der Waals surface area contributed by atoms with E-state index < -0.39 is 47.5 Å². The quantitative estimate of drug-likeness (QED) is 0.101. The SMILES string of the molecule is CC(C)(C)OC(=O)N(C(=O)OC(C)(C)C)C(N)=NCCC[C@H](NC(=O)OCC1c2ccccc2-c2ccccc21)C(=O)O.CCl. The molecule has 0 saturated carbocycles. The number of carboxylic acid groups (broad SMARTS) is 1. The van der Waals surface area contributed by atoms with Crippen LogP contribution in [0.25, 0.3) is 11.1 Å². The molecular formula is C32H43ClN4O8. The number of hydrogen-bond donors (Lipinski definition) is 3. The van der Waals surface area contributed by atoms with Crippen molar-refractivity contribution in [1.29, 1.82) is 0 Å². The standard InChI is InChI=1S/C31H40N4O8.CH3Cl/c1-30(2,3)42-28(39)35(29(40)43-31(4,5)6)26(32)33-17-11-16-24(25(36)37)34-27(38)41-18-23-21-14-9-7-12-19(21)20-13-8-10-15-22(20)23;1-2/h7-10,12-15,23-24H,11,16-18H2,1-6H3,(H2,32,33)(H,34,38)(H,36,37);1H3/t24-;/m0./s1. The lowest BCUT2D eigenvalue weighted by Gasteiger charge is -2.27. The third-order valence-corrected chi connectivity index (χ3v) is 6.24. The Morgan fingerprint density at radius 2 is 1.38 bits per heavy atom. The number of carbonyl (C=O) groups excluding carboxylic acids is 3. The number of alkyl halides is 1. The number of alkyl carbamates (subject to hydrolysis) is 1. The second-order valence-electron chi connectivity index (χ2n) is 12.0. The molecule has 0 radical (unpaired) electrons. The Morgan fingerprint density at radius 3 is 1.82 bits per heavy atom. The highest BCUT2D eigenvalue weighted by molar-refractivity contribution is 6.15. The van der Waals surface area contributed by atoms with Gasteiger partial charge in [0.25, 0.3) is 0 Å². The van der Waals surface area contributed by atoms with Gasteiger partial charge in [-0.15, -0.1) is 16.5 Å². The normalized spacial score (nSPS) is 13.3. The first kappa shape index (κ1) is 36.9. The maximum atomic E-state index is 12.7. The van der Waals surface area contributed by atoms with E-state index in [4.69, 9.17) is 19.9 Å². The van der Waals surface area contributed by atoms with Crippen LogP contribution < -0.4 is 11.1 Å². The number of halogens is 1. The van der Waals surface area contributed by atoms with Crippen molar-refractivity contribution in [1.82, 2.24) is 10.2 Å². The van der Waals surface area contributed by atoms with Gasteiger partial charge >= 0.3 is 24.2 Å². The fourth-order valence-electron chi connectivity index (χ4n) is 4.48. The third kappa shape index (κ3) is 11.0. The highest BCUT2D eigenvalue weighted by Gasteiger charge is 2.34. The van der Waals surface area contributed by atoms with Gasteiger partial charge < -0.3 is 30.4 Å². The van der Waals surface area contributed by atoms with Gasteiger partial charge in [-0.2, -0.15) is 0 Å². The van der Waals surface area contributed by atoms with Gasteiger partial charge in [0.05, 0.1) is 0 Å². The molecule has 12 nitrogen and oxygen atoms in total. The van der Waals surface area contributed by atoms with Gasteiger partial charge in [-0.05, 0) is 76.6 Å². The number of rotatable bonds is 8. The number of nitrogens with two attached hydrogens (primary N) is 1. The predicted molar refractivity (Wildman–Crippen MR) is 171 cm³/mol. The molecule has 0 fully saturated rings. The predicted octanol–water partition coefficient (Wildman–Crippen LogP) is 6.10. The maximum Gasteiger partial charge on any atom is 0.427 e. The minimum absolute atomic E-state index is 0.0187. The number of fused-ring (bicyclic) bond motifs is 3. The fourth-order valence-corrected chi connectivity index (χ4v) is 4.48. The Bertz CT molecular complexity index is 1310. The van der Waals surface area contributed by atoms with E-state index in [-0.39, 0.29) is 31.9 Å². The van der Waals surface area contributed by atoms with Gasteiger partial charge in [-0.3, -0.25) is 4.99 Å². The van der Waals surface area contributed by atoms with Crippen LogP contribution in [0.15, 0.2) is 53.5 Å². The van der Waals surface area contributed by atoms with E-state index in [1.807, 2.05) is 48.5 Å². The first-order valence-electron chi connectivity index (χ1n) is 14.4. The van der Waals surface area contributed by atoms with E-state index in [0.717, 1.165) is 22.3 Å². The van der Waals surface area contributed by atoms with Gasteiger partial charge in [0, 0.05) is 18.8 Å². The van der Waals surface area contributed by atoms with Crippen LogP contribution >= 0.6 is 11.6 Å². The molecule has 3 rings (SSSR count). The van der Waals surface area contributed by atoms with Crippen LogP contribution in [0.5, 0.6) is 0 Å². The zero-order chi connectivity index (χ0) is 33.9. The topological polar surface area (TPSA) is 170 Å². The van der Waals surface area contributed by atoms with Crippen molar-refractivity contribution in [2.75, 3.05) is 19.5 Å². The molecule has 2 aromatic carbocycles. The van der Waals surface area contributed by atoms with Gasteiger partial charge in [-0.25, -0.2) is 19.2 Å². The van der Waals surface area contributed by atoms with E-state index in [1.54, 1.807) is 41.5 Å². The van der Waals surface area contributed by atoms with Gasteiger partial charge in [-0.1, -0.05) is 48.5 Å². The zero-order valence-corrected chi connectivity index (χ0v) is 27.5. The average Bonchev–Trinajstić information content (AvgIpc) is 3.26. The molecule has 45 heavy (non-hydrogen) atoms. The summed E-state index contributed by atoms with van der Waals surface area (Å²) in [5.74, 6) is -1.90. The summed E-state index contributed by atoms with van der Waals surface area (Å²) in [6, 6.07) is 14.5. The number of nitrogens with zero attached hydrogens (tertiary/aromatic N) is 2. The Kier molecular flexibility index (Phi) is 13.2. The summed E-state index contributed by atoms with van der Waals surface area (Å²) >= 11 is 4.64. The first-order valence-corrected chi connectivity index (χ1v) is 15.1. The Labute approximate surface area is 268 Å². The number of benzene rings is 2. The lowest BCUT2D eigenvalue weighted by atomic mass is 9.98. The highest BCUT2D eigenvalue weighted by Crippen LogP contribution is 2.44. The van der Waals surface area contributed by atoms with E-state index in [1.165, 1.54) is 6.38 Å². The summed E-state index contributed by atoms with van der Waals surface area (Å²) in [6.45, 7) is 9.75. The molecule has 1 aliphatic carbocycles. The smallest absolute Gasteiger partial charge is 0.427 e. The number of carboxylic acids is 1. The van der Waals surface area contributed by atoms with Crippen LogP contribution in [0.2, 0.25) is 0 Å². The van der Waals surface area contributed by atoms with Crippen molar-refractivity contribution in [2.24, 2.45) is 10.7 Å². The monoisotopic (exact) mass is 646 g/mol. The number of amides is 3. The average molecular weight is 647 g/mol. The van der Waals surface area contributed by atoms with Crippen molar-refractivity contribution in [3.8, 4) is 11.1 Å². The van der Waals surface area contributed by atoms with Gasteiger partial charge in [0.15, 0.2) is 0 Å². The highest BCUT2D eigenvalue weighted by atomic mass is 35.5. The molecule has 0 unspecified atom stereocenters. The molecule has 0 bridgehead atoms. The molecule has 0 spiro atoms. The minimum atomic E-state index is -1.26. The number of nitrogens with one attached hydrogen (secondary N) is 1. The van der Waals surface area contributed by atoms with Gasteiger partial charge in [0.2, 0.25) is 5.96 Å². The summed E-state index contributed by atoms with van der Waals surface area (Å²) in [7, 11) is 0. The summed E-state index contributed by atoms with van der Waals surface area (Å²) in [4.78, 5) is 54.3. The molecular weight excluding hydrogens is 604 g/mol. The molecule has 0 heterocycles. The largest absolute Gasteiger partial charge is 0.480 e. The van der Waals surface area contributed by atoms with Crippen molar-refractivity contribution in [2.45, 2.75) is 77.5 Å². The van der Waals surface area contributed by atoms with Crippen molar-refractivity contribution in [3.63, 3.8) is 0 Å². The first-order chi connectivity index (χ1) is 21.1. The number of carbonyl (C=O) groups is 4. The second-order valence-corrected chi connectivity index (χ2v) is 12.0. The number of aliphatic carboxylic acids is 1. The van der Waals surface area contributed by atoms with Crippen LogP contribution in [0, 0.1) is 0 Å². The molecule has 2 aromatic rings. The molecule has 0 aromatic heterocycles. The number of aliphatic imine (C=N–C) groups is 1. The lowest BCUT2D eigenvalue weighted by molar-refractivity contribution is -0.139. The molecule has 1 atom stereocenters. The number of ether oxygens (including phenoxy) is 3. The summed E-state index contributed by atoms with van der Waals surface area (Å²) < 4.78 is 16.0. The van der Waals surface area contributed by atoms with Crippen LogP contribution in [0.4, 0.5) is 14.4 Å². The minimum Gasteiger partial charge on any atom is -0.480 e. The van der Waals surface area contributed by atoms with Crippen LogP contribution in [-0.4, -0.2) is 77.0 Å². The summed E-state index contributed by atoms with van der Waals surface area (Å²) in [5.41, 5.74) is 8.33. The second kappa shape index (κ2) is 16.1. The molecule has 246 valence electrons. The van der Waals surface area contributed by atoms with E-state index in [2.05, 4.69) is 21.9 Å².